The Hall–Kier alpha value is -3.48. The largest absolute Gasteiger partial charge is 0.356 e. The molecule has 3 fully saturated rings. The Bertz CT molecular complexity index is 1220. The van der Waals surface area contributed by atoms with E-state index in [9.17, 15) is 28.4 Å². The summed E-state index contributed by atoms with van der Waals surface area (Å²) >= 11 is 0. The quantitative estimate of drug-likeness (QED) is 0.606. The number of hydrogen-bond donors (Lipinski definition) is 3. The van der Waals surface area contributed by atoms with Crippen LogP contribution in [0.5, 0.6) is 0 Å². The number of halogens is 2. The van der Waals surface area contributed by atoms with E-state index < -0.39 is 35.5 Å². The Morgan fingerprint density at radius 2 is 2.00 bits per heavy atom. The summed E-state index contributed by atoms with van der Waals surface area (Å²) in [6.45, 7) is 0.940. The van der Waals surface area contributed by atoms with Crippen molar-refractivity contribution in [3.05, 3.63) is 35.5 Å². The lowest BCUT2D eigenvalue weighted by Gasteiger charge is -2.30. The number of carbonyl (C=O) groups excluding carboxylic acids is 3. The first kappa shape index (κ1) is 23.3. The van der Waals surface area contributed by atoms with Gasteiger partial charge in [0.05, 0.1) is 11.6 Å². The summed E-state index contributed by atoms with van der Waals surface area (Å²) in [7, 11) is 0. The van der Waals surface area contributed by atoms with Crippen LogP contribution < -0.4 is 10.6 Å². The highest BCUT2D eigenvalue weighted by Crippen LogP contribution is 2.41. The lowest BCUT2D eigenvalue weighted by Crippen LogP contribution is -2.51. The minimum Gasteiger partial charge on any atom is -0.356 e. The number of fused-ring (bicyclic) bond motifs is 2. The Balaban J connectivity index is 1.39. The Morgan fingerprint density at radius 3 is 2.74 bits per heavy atom. The topological polar surface area (TPSA) is 118 Å². The maximum absolute atomic E-state index is 14.2. The van der Waals surface area contributed by atoms with E-state index >= 15 is 0 Å². The second-order valence-corrected chi connectivity index (χ2v) is 9.85. The first-order valence-electron chi connectivity index (χ1n) is 12.1. The predicted molar refractivity (Wildman–Crippen MR) is 122 cm³/mol. The summed E-state index contributed by atoms with van der Waals surface area (Å²) in [4.78, 5) is 43.2. The minimum absolute atomic E-state index is 0.0413. The van der Waals surface area contributed by atoms with Crippen LogP contribution in [0.3, 0.4) is 0 Å². The molecule has 2 aliphatic heterocycles. The van der Waals surface area contributed by atoms with Crippen LogP contribution >= 0.6 is 0 Å². The molecule has 10 heteroatoms. The van der Waals surface area contributed by atoms with Crippen LogP contribution in [0.1, 0.15) is 49.0 Å². The summed E-state index contributed by atoms with van der Waals surface area (Å²) < 4.78 is 27.9. The molecule has 1 aliphatic carbocycles. The number of rotatable bonds is 5. The fraction of sp³-hybridized carbons (Fsp3) is 0.520. The van der Waals surface area contributed by atoms with Gasteiger partial charge in [-0.1, -0.05) is 12.8 Å². The zero-order valence-corrected chi connectivity index (χ0v) is 19.2. The number of nitrogens with one attached hydrogen (secondary N) is 3. The van der Waals surface area contributed by atoms with Crippen molar-refractivity contribution in [2.75, 3.05) is 13.1 Å². The molecule has 5 rings (SSSR count). The minimum atomic E-state index is -0.846. The third kappa shape index (κ3) is 4.35. The van der Waals surface area contributed by atoms with Crippen LogP contribution in [0.25, 0.3) is 10.9 Å². The standard InChI is InChI=1S/C25H27F2N5O3/c26-15-8-19(27)18-10-21(31-20(18)9-15)25(35)32-12-14-3-1-2-4-17(14)22(32)24(34)30-16(11-28)7-13-5-6-29-23(13)33/h8-10,13-14,16-17,22,31H,1-7,12H2,(H,29,33)(H,30,34)/t13?,14?,16-,17-,22-/m0/s1. The molecule has 2 saturated heterocycles. The molecule has 0 radical (unpaired) electrons. The lowest BCUT2D eigenvalue weighted by molar-refractivity contribution is -0.127. The van der Waals surface area contributed by atoms with Gasteiger partial charge in [0.25, 0.3) is 5.91 Å². The Labute approximate surface area is 201 Å². The highest BCUT2D eigenvalue weighted by atomic mass is 19.1. The van der Waals surface area contributed by atoms with Crippen LogP contribution in [-0.4, -0.2) is 52.8 Å². The molecule has 1 aromatic carbocycles. The zero-order chi connectivity index (χ0) is 24.7. The molecule has 8 nitrogen and oxygen atoms in total. The zero-order valence-electron chi connectivity index (χ0n) is 19.2. The van der Waals surface area contributed by atoms with E-state index in [4.69, 9.17) is 0 Å². The lowest BCUT2D eigenvalue weighted by atomic mass is 9.78. The normalized spacial score (nSPS) is 26.8. The van der Waals surface area contributed by atoms with Crippen molar-refractivity contribution in [2.45, 2.75) is 50.6 Å². The van der Waals surface area contributed by atoms with Crippen molar-refractivity contribution in [1.82, 2.24) is 20.5 Å². The first-order valence-corrected chi connectivity index (χ1v) is 12.1. The van der Waals surface area contributed by atoms with Gasteiger partial charge in [-0.2, -0.15) is 5.26 Å². The Kier molecular flexibility index (Phi) is 6.17. The van der Waals surface area contributed by atoms with E-state index in [1.165, 1.54) is 11.0 Å². The predicted octanol–water partition coefficient (Wildman–Crippen LogP) is 2.61. The summed E-state index contributed by atoms with van der Waals surface area (Å²) in [5.41, 5.74) is 0.253. The van der Waals surface area contributed by atoms with Gasteiger partial charge in [0.15, 0.2) is 0 Å². The van der Waals surface area contributed by atoms with Crippen molar-refractivity contribution >= 4 is 28.6 Å². The van der Waals surface area contributed by atoms with E-state index in [0.29, 0.717) is 19.5 Å². The molecule has 184 valence electrons. The smallest absolute Gasteiger partial charge is 0.271 e. The summed E-state index contributed by atoms with van der Waals surface area (Å²) in [6.07, 6.45) is 4.49. The van der Waals surface area contributed by atoms with Crippen molar-refractivity contribution in [3.63, 3.8) is 0 Å². The average molecular weight is 484 g/mol. The van der Waals surface area contributed by atoms with Gasteiger partial charge in [-0.25, -0.2) is 8.78 Å². The SMILES string of the molecule is N#C[C@H](CC1CCNC1=O)NC(=O)[C@@H]1[C@H]2CCCCC2CN1C(=O)c1cc2c(F)cc(F)cc2[nH]1. The number of amides is 3. The van der Waals surface area contributed by atoms with Gasteiger partial charge >= 0.3 is 0 Å². The number of benzene rings is 1. The van der Waals surface area contributed by atoms with Gasteiger partial charge in [-0.3, -0.25) is 14.4 Å². The summed E-state index contributed by atoms with van der Waals surface area (Å²) in [5, 5.41) is 15.2. The molecule has 35 heavy (non-hydrogen) atoms. The maximum atomic E-state index is 14.2. The number of H-pyrrole nitrogens is 1. The fourth-order valence-electron chi connectivity index (χ4n) is 6.01. The third-order valence-corrected chi connectivity index (χ3v) is 7.71. The van der Waals surface area contributed by atoms with Crippen molar-refractivity contribution in [1.29, 1.82) is 5.26 Å². The molecule has 1 aromatic heterocycles. The van der Waals surface area contributed by atoms with E-state index in [2.05, 4.69) is 21.7 Å². The first-order chi connectivity index (χ1) is 16.9. The van der Waals surface area contributed by atoms with Crippen LogP contribution in [-0.2, 0) is 9.59 Å². The van der Waals surface area contributed by atoms with Crippen LogP contribution in [0, 0.1) is 40.7 Å². The van der Waals surface area contributed by atoms with Gasteiger partial charge in [0.1, 0.15) is 29.4 Å². The number of hydrogen-bond acceptors (Lipinski definition) is 4. The molecule has 3 heterocycles. The second-order valence-electron chi connectivity index (χ2n) is 9.85. The van der Waals surface area contributed by atoms with Gasteiger partial charge in [-0.15, -0.1) is 0 Å². The van der Waals surface area contributed by atoms with Crippen LogP contribution in [0.15, 0.2) is 18.2 Å². The maximum Gasteiger partial charge on any atom is 0.271 e. The molecule has 0 spiro atoms. The third-order valence-electron chi connectivity index (χ3n) is 7.71. The molecule has 0 bridgehead atoms. The molecular weight excluding hydrogens is 456 g/mol. The van der Waals surface area contributed by atoms with Crippen molar-refractivity contribution in [3.8, 4) is 6.07 Å². The van der Waals surface area contributed by atoms with E-state index in [1.807, 2.05) is 0 Å². The monoisotopic (exact) mass is 483 g/mol. The highest BCUT2D eigenvalue weighted by molar-refractivity contribution is 6.01. The number of aromatic nitrogens is 1. The molecule has 2 unspecified atom stereocenters. The molecule has 1 saturated carbocycles. The summed E-state index contributed by atoms with van der Waals surface area (Å²) in [5.74, 6) is -2.72. The molecule has 3 N–H and O–H groups in total. The van der Waals surface area contributed by atoms with Gasteiger partial charge in [0, 0.05) is 30.5 Å². The molecular formula is C25H27F2N5O3. The highest BCUT2D eigenvalue weighted by Gasteiger charge is 2.49. The van der Waals surface area contributed by atoms with Gasteiger partial charge in [0.2, 0.25) is 11.8 Å². The molecule has 5 atom stereocenters. The fourth-order valence-corrected chi connectivity index (χ4v) is 6.01. The molecule has 2 aromatic rings. The van der Waals surface area contributed by atoms with Crippen LogP contribution in [0.4, 0.5) is 8.78 Å². The molecule has 3 amide bonds. The van der Waals surface area contributed by atoms with E-state index in [-0.39, 0.29) is 46.7 Å². The average Bonchev–Trinajstić information content (AvgIpc) is 3.54. The molecule has 3 aliphatic rings. The van der Waals surface area contributed by atoms with E-state index in [1.54, 1.807) is 0 Å². The second kappa shape index (κ2) is 9.29. The van der Waals surface area contributed by atoms with Crippen molar-refractivity contribution < 1.29 is 23.2 Å². The van der Waals surface area contributed by atoms with Crippen molar-refractivity contribution in [2.24, 2.45) is 17.8 Å². The van der Waals surface area contributed by atoms with E-state index in [0.717, 1.165) is 37.8 Å². The number of aromatic amines is 1. The number of carbonyl (C=O) groups is 3. The number of likely N-dealkylation sites (tertiary alicyclic amines) is 1. The van der Waals surface area contributed by atoms with Gasteiger partial charge < -0.3 is 20.5 Å². The Morgan fingerprint density at radius 1 is 1.20 bits per heavy atom. The van der Waals surface area contributed by atoms with Gasteiger partial charge in [-0.05, 0) is 49.7 Å². The van der Waals surface area contributed by atoms with Crippen LogP contribution in [0.2, 0.25) is 0 Å². The number of nitrogens with zero attached hydrogens (tertiary/aromatic N) is 2. The number of nitriles is 1. The summed E-state index contributed by atoms with van der Waals surface area (Å²) in [6, 6.07) is 3.70.